The molecular weight excluding hydrogens is 477 g/mol. The van der Waals surface area contributed by atoms with Gasteiger partial charge in [-0.1, -0.05) is 12.1 Å². The van der Waals surface area contributed by atoms with Crippen molar-refractivity contribution in [1.29, 1.82) is 0 Å². The molecular formula is C18H18ClF3N4O5S. The predicted molar refractivity (Wildman–Crippen MR) is 113 cm³/mol. The van der Waals surface area contributed by atoms with Gasteiger partial charge in [0.15, 0.2) is 11.5 Å². The SMILES string of the molecule is COc1cc2c(-c3ccc(CNS(N)(=O)=O)cc3C(F)(F)F)n[nH]c(=O)c2cc1OC.Cl. The van der Waals surface area contributed by atoms with Gasteiger partial charge in [-0.3, -0.25) is 4.79 Å². The largest absolute Gasteiger partial charge is 0.493 e. The molecule has 32 heavy (non-hydrogen) atoms. The summed E-state index contributed by atoms with van der Waals surface area (Å²) in [5.41, 5.74) is -2.13. The summed E-state index contributed by atoms with van der Waals surface area (Å²) in [5.74, 6) is 0.421. The van der Waals surface area contributed by atoms with Gasteiger partial charge in [-0.2, -0.15) is 31.4 Å². The molecule has 0 aliphatic carbocycles. The highest BCUT2D eigenvalue weighted by Crippen LogP contribution is 2.40. The maximum absolute atomic E-state index is 13.8. The molecule has 0 aliphatic heterocycles. The van der Waals surface area contributed by atoms with Gasteiger partial charge in [-0.25, -0.2) is 10.2 Å². The van der Waals surface area contributed by atoms with E-state index in [2.05, 4.69) is 10.2 Å². The van der Waals surface area contributed by atoms with E-state index in [-0.39, 0.29) is 51.5 Å². The van der Waals surface area contributed by atoms with Gasteiger partial charge in [0.1, 0.15) is 0 Å². The Hall–Kier alpha value is -2.87. The van der Waals surface area contributed by atoms with E-state index in [0.29, 0.717) is 0 Å². The van der Waals surface area contributed by atoms with Gasteiger partial charge >= 0.3 is 6.18 Å². The number of halogens is 4. The Bertz CT molecular complexity index is 1310. The first-order valence-corrected chi connectivity index (χ1v) is 10.1. The molecule has 2 aromatic carbocycles. The van der Waals surface area contributed by atoms with Crippen LogP contribution in [-0.2, 0) is 22.9 Å². The summed E-state index contributed by atoms with van der Waals surface area (Å²) in [5, 5.41) is 11.0. The Morgan fingerprint density at radius 1 is 1.09 bits per heavy atom. The third-order valence-electron chi connectivity index (χ3n) is 4.41. The van der Waals surface area contributed by atoms with Gasteiger partial charge in [0.05, 0.1) is 30.9 Å². The molecule has 0 amide bonds. The Morgan fingerprint density at radius 2 is 1.69 bits per heavy atom. The van der Waals surface area contributed by atoms with Crippen molar-refractivity contribution in [3.05, 3.63) is 51.8 Å². The van der Waals surface area contributed by atoms with E-state index in [1.54, 1.807) is 0 Å². The number of benzene rings is 2. The van der Waals surface area contributed by atoms with Gasteiger partial charge in [-0.05, 0) is 23.8 Å². The molecule has 0 aliphatic rings. The first-order chi connectivity index (χ1) is 14.4. The minimum Gasteiger partial charge on any atom is -0.493 e. The lowest BCUT2D eigenvalue weighted by molar-refractivity contribution is -0.137. The van der Waals surface area contributed by atoms with Crippen molar-refractivity contribution in [3.8, 4) is 22.8 Å². The van der Waals surface area contributed by atoms with E-state index in [1.165, 1.54) is 32.4 Å². The van der Waals surface area contributed by atoms with Crippen molar-refractivity contribution in [2.75, 3.05) is 14.2 Å². The second-order valence-corrected chi connectivity index (χ2v) is 7.78. The van der Waals surface area contributed by atoms with Crippen LogP contribution in [0.3, 0.4) is 0 Å². The number of H-pyrrole nitrogens is 1. The summed E-state index contributed by atoms with van der Waals surface area (Å²) in [6.45, 7) is -0.437. The highest BCUT2D eigenvalue weighted by atomic mass is 35.5. The number of fused-ring (bicyclic) bond motifs is 1. The topological polar surface area (TPSA) is 136 Å². The van der Waals surface area contributed by atoms with E-state index in [4.69, 9.17) is 14.6 Å². The molecule has 9 nitrogen and oxygen atoms in total. The number of hydrogen-bond acceptors (Lipinski definition) is 6. The zero-order valence-corrected chi connectivity index (χ0v) is 18.2. The summed E-state index contributed by atoms with van der Waals surface area (Å²) in [7, 11) is -1.39. The average molecular weight is 495 g/mol. The van der Waals surface area contributed by atoms with Gasteiger partial charge in [0, 0.05) is 17.5 Å². The lowest BCUT2D eigenvalue weighted by Gasteiger charge is -2.16. The quantitative estimate of drug-likeness (QED) is 0.481. The zero-order chi connectivity index (χ0) is 23.0. The second kappa shape index (κ2) is 9.32. The molecule has 1 aromatic heterocycles. The van der Waals surface area contributed by atoms with Crippen LogP contribution in [0, 0.1) is 0 Å². The average Bonchev–Trinajstić information content (AvgIpc) is 2.70. The lowest BCUT2D eigenvalue weighted by Crippen LogP contribution is -2.30. The Balaban J connectivity index is 0.00000363. The van der Waals surface area contributed by atoms with Crippen molar-refractivity contribution in [1.82, 2.24) is 14.9 Å². The monoisotopic (exact) mass is 494 g/mol. The molecule has 0 unspecified atom stereocenters. The number of methoxy groups -OCH3 is 2. The molecule has 174 valence electrons. The fraction of sp³-hybridized carbons (Fsp3) is 0.222. The minimum absolute atomic E-state index is 0. The van der Waals surface area contributed by atoms with Crippen LogP contribution >= 0.6 is 12.4 Å². The van der Waals surface area contributed by atoms with Crippen LogP contribution in [0.15, 0.2) is 35.1 Å². The molecule has 14 heteroatoms. The number of aromatic nitrogens is 2. The molecule has 0 atom stereocenters. The van der Waals surface area contributed by atoms with Gasteiger partial charge < -0.3 is 9.47 Å². The smallest absolute Gasteiger partial charge is 0.417 e. The van der Waals surface area contributed by atoms with Crippen LogP contribution in [0.25, 0.3) is 22.0 Å². The molecule has 0 saturated carbocycles. The number of hydrogen-bond donors (Lipinski definition) is 3. The summed E-state index contributed by atoms with van der Waals surface area (Å²) >= 11 is 0. The first-order valence-electron chi connectivity index (χ1n) is 8.57. The van der Waals surface area contributed by atoms with Gasteiger partial charge in [-0.15, -0.1) is 12.4 Å². The Labute approximate surface area is 186 Å². The highest BCUT2D eigenvalue weighted by Gasteiger charge is 2.35. The van der Waals surface area contributed by atoms with Crippen molar-refractivity contribution >= 4 is 33.4 Å². The third kappa shape index (κ3) is 5.30. The van der Waals surface area contributed by atoms with Gasteiger partial charge in [0.25, 0.3) is 15.8 Å². The molecule has 0 spiro atoms. The number of nitrogens with two attached hydrogens (primary N) is 1. The zero-order valence-electron chi connectivity index (χ0n) is 16.6. The lowest BCUT2D eigenvalue weighted by atomic mass is 9.97. The summed E-state index contributed by atoms with van der Waals surface area (Å²) < 4.78 is 75.8. The van der Waals surface area contributed by atoms with Crippen LogP contribution < -0.4 is 24.9 Å². The summed E-state index contributed by atoms with van der Waals surface area (Å²) in [6.07, 6.45) is -4.80. The van der Waals surface area contributed by atoms with Crippen molar-refractivity contribution in [2.24, 2.45) is 5.14 Å². The van der Waals surface area contributed by atoms with Crippen LogP contribution in [-0.4, -0.2) is 32.8 Å². The fourth-order valence-electron chi connectivity index (χ4n) is 3.02. The number of ether oxygens (including phenoxy) is 2. The highest BCUT2D eigenvalue weighted by molar-refractivity contribution is 7.87. The normalized spacial score (nSPS) is 11.8. The van der Waals surface area contributed by atoms with Crippen molar-refractivity contribution in [3.63, 3.8) is 0 Å². The van der Waals surface area contributed by atoms with Crippen LogP contribution in [0.5, 0.6) is 11.5 Å². The van der Waals surface area contributed by atoms with E-state index in [9.17, 15) is 26.4 Å². The van der Waals surface area contributed by atoms with Crippen molar-refractivity contribution in [2.45, 2.75) is 12.7 Å². The van der Waals surface area contributed by atoms with Crippen LogP contribution in [0.4, 0.5) is 13.2 Å². The number of rotatable bonds is 6. The maximum Gasteiger partial charge on any atom is 0.417 e. The summed E-state index contributed by atoms with van der Waals surface area (Å²) in [6, 6.07) is 5.92. The molecule has 0 fully saturated rings. The molecule has 3 aromatic rings. The number of nitrogens with one attached hydrogen (secondary N) is 2. The van der Waals surface area contributed by atoms with E-state index in [0.717, 1.165) is 12.1 Å². The fourth-order valence-corrected chi connectivity index (χ4v) is 3.39. The van der Waals surface area contributed by atoms with Gasteiger partial charge in [0.2, 0.25) is 0 Å². The standard InChI is InChI=1S/C18H17F3N4O5S.ClH/c1-29-14-6-11-12(7-15(14)30-2)17(26)25-24-16(11)10-4-3-9(8-23-31(22,27)28)5-13(10)18(19,20)21;/h3-7,23H,8H2,1-2H3,(H,25,26)(H2,22,27,28);1H. The molecule has 0 radical (unpaired) electrons. The molecule has 3 rings (SSSR count). The van der Waals surface area contributed by atoms with E-state index >= 15 is 0 Å². The van der Waals surface area contributed by atoms with Crippen LogP contribution in [0.2, 0.25) is 0 Å². The minimum atomic E-state index is -4.80. The molecule has 0 saturated heterocycles. The third-order valence-corrected chi connectivity index (χ3v) is 4.96. The van der Waals surface area contributed by atoms with Crippen LogP contribution in [0.1, 0.15) is 11.1 Å². The molecule has 1 heterocycles. The Kier molecular flexibility index (Phi) is 7.40. The van der Waals surface area contributed by atoms with Crippen molar-refractivity contribution < 1.29 is 31.1 Å². The Morgan fingerprint density at radius 3 is 2.22 bits per heavy atom. The number of alkyl halides is 3. The summed E-state index contributed by atoms with van der Waals surface area (Å²) in [4.78, 5) is 12.2. The van der Waals surface area contributed by atoms with E-state index in [1.807, 2.05) is 4.72 Å². The second-order valence-electron chi connectivity index (χ2n) is 6.40. The first kappa shape index (κ1) is 25.4. The molecule has 0 bridgehead atoms. The number of nitrogens with zero attached hydrogens (tertiary/aromatic N) is 1. The molecule has 4 N–H and O–H groups in total. The van der Waals surface area contributed by atoms with E-state index < -0.39 is 34.1 Å². The number of aromatic amines is 1. The predicted octanol–water partition coefficient (Wildman–Crippen LogP) is 2.34. The maximum atomic E-state index is 13.8.